The molecule has 3 rings (SSSR count). The monoisotopic (exact) mass is 357 g/mol. The van der Waals surface area contributed by atoms with Crippen LogP contribution in [0.15, 0.2) is 47.4 Å². The lowest BCUT2D eigenvalue weighted by molar-refractivity contribution is -0.121. The number of ether oxygens (including phenoxy) is 2. The molecule has 1 heterocycles. The highest BCUT2D eigenvalue weighted by Gasteiger charge is 2.25. The molecular weight excluding hydrogens is 338 g/mol. The summed E-state index contributed by atoms with van der Waals surface area (Å²) in [7, 11) is 1.50. The van der Waals surface area contributed by atoms with Crippen molar-refractivity contribution in [3.05, 3.63) is 53.6 Å². The van der Waals surface area contributed by atoms with E-state index in [-0.39, 0.29) is 12.5 Å². The fourth-order valence-corrected chi connectivity index (χ4v) is 3.28. The number of esters is 1. The number of hydrogen-bond acceptors (Lipinski definition) is 5. The largest absolute Gasteiger partial charge is 0.496 e. The predicted octanol–water partition coefficient (Wildman–Crippen LogP) is 3.16. The number of rotatable bonds is 5. The first kappa shape index (κ1) is 17.4. The number of carbonyl (C=O) groups is 2. The van der Waals surface area contributed by atoms with Gasteiger partial charge in [-0.3, -0.25) is 4.79 Å². The summed E-state index contributed by atoms with van der Waals surface area (Å²) in [5, 5.41) is 0. The average Bonchev–Trinajstić information content (AvgIpc) is 3.09. The Morgan fingerprint density at radius 3 is 2.76 bits per heavy atom. The van der Waals surface area contributed by atoms with Gasteiger partial charge in [-0.25, -0.2) is 4.79 Å². The maximum Gasteiger partial charge on any atom is 0.342 e. The van der Waals surface area contributed by atoms with Crippen LogP contribution in [-0.2, 0) is 16.0 Å². The molecule has 6 heteroatoms. The highest BCUT2D eigenvalue weighted by molar-refractivity contribution is 7.98. The summed E-state index contributed by atoms with van der Waals surface area (Å²) in [6.45, 7) is 0.322. The summed E-state index contributed by atoms with van der Waals surface area (Å²) >= 11 is 1.55. The van der Waals surface area contributed by atoms with Gasteiger partial charge in [-0.15, -0.1) is 11.8 Å². The van der Waals surface area contributed by atoms with Crippen molar-refractivity contribution in [2.24, 2.45) is 0 Å². The summed E-state index contributed by atoms with van der Waals surface area (Å²) in [4.78, 5) is 27.4. The van der Waals surface area contributed by atoms with Crippen molar-refractivity contribution < 1.29 is 19.1 Å². The van der Waals surface area contributed by atoms with Gasteiger partial charge in [0.2, 0.25) is 0 Å². The summed E-state index contributed by atoms with van der Waals surface area (Å²) in [5.41, 5.74) is 2.34. The lowest BCUT2D eigenvalue weighted by Gasteiger charge is -2.17. The molecule has 0 unspecified atom stereocenters. The number of benzene rings is 2. The summed E-state index contributed by atoms with van der Waals surface area (Å²) in [6, 6.07) is 13.0. The Bertz CT molecular complexity index is 806. The van der Waals surface area contributed by atoms with Gasteiger partial charge in [0.25, 0.3) is 5.91 Å². The quantitative estimate of drug-likeness (QED) is 0.608. The number of carbonyl (C=O) groups excluding carboxylic acids is 2. The van der Waals surface area contributed by atoms with Gasteiger partial charge < -0.3 is 14.4 Å². The molecule has 0 N–H and O–H groups in total. The van der Waals surface area contributed by atoms with E-state index in [0.717, 1.165) is 22.6 Å². The third kappa shape index (κ3) is 3.64. The number of fused-ring (bicyclic) bond motifs is 1. The fraction of sp³-hybridized carbons (Fsp3) is 0.263. The minimum absolute atomic E-state index is 0.224. The molecule has 0 fully saturated rings. The van der Waals surface area contributed by atoms with Gasteiger partial charge >= 0.3 is 5.97 Å². The Kier molecular flexibility index (Phi) is 5.28. The second-order valence-electron chi connectivity index (χ2n) is 5.57. The van der Waals surface area contributed by atoms with E-state index < -0.39 is 5.97 Å². The van der Waals surface area contributed by atoms with Crippen molar-refractivity contribution in [3.8, 4) is 5.75 Å². The highest BCUT2D eigenvalue weighted by Crippen LogP contribution is 2.28. The van der Waals surface area contributed by atoms with Crippen molar-refractivity contribution in [3.63, 3.8) is 0 Å². The van der Waals surface area contributed by atoms with Crippen LogP contribution in [0, 0.1) is 0 Å². The van der Waals surface area contributed by atoms with Gasteiger partial charge in [-0.1, -0.05) is 18.2 Å². The van der Waals surface area contributed by atoms with E-state index in [1.54, 1.807) is 28.8 Å². The van der Waals surface area contributed by atoms with Crippen LogP contribution in [0.25, 0.3) is 0 Å². The van der Waals surface area contributed by atoms with E-state index in [4.69, 9.17) is 9.47 Å². The van der Waals surface area contributed by atoms with E-state index >= 15 is 0 Å². The minimum Gasteiger partial charge on any atom is -0.496 e. The van der Waals surface area contributed by atoms with Crippen molar-refractivity contribution in [1.82, 2.24) is 0 Å². The van der Waals surface area contributed by atoms with Crippen LogP contribution >= 0.6 is 11.8 Å². The van der Waals surface area contributed by atoms with Crippen LogP contribution in [0.4, 0.5) is 5.69 Å². The molecule has 0 atom stereocenters. The number of thioether (sulfide) groups is 1. The molecule has 5 nitrogen and oxygen atoms in total. The Hall–Kier alpha value is -2.47. The zero-order chi connectivity index (χ0) is 17.8. The molecule has 1 aliphatic heterocycles. The maximum absolute atomic E-state index is 12.4. The molecule has 1 amide bonds. The van der Waals surface area contributed by atoms with Crippen molar-refractivity contribution >= 4 is 29.3 Å². The van der Waals surface area contributed by atoms with E-state index in [2.05, 4.69) is 0 Å². The van der Waals surface area contributed by atoms with Gasteiger partial charge in [-0.2, -0.15) is 0 Å². The van der Waals surface area contributed by atoms with Gasteiger partial charge in [0.1, 0.15) is 11.3 Å². The molecule has 25 heavy (non-hydrogen) atoms. The van der Waals surface area contributed by atoms with E-state index in [0.29, 0.717) is 17.9 Å². The third-order valence-electron chi connectivity index (χ3n) is 4.14. The molecular formula is C19H19NO4S. The Morgan fingerprint density at radius 1 is 1.20 bits per heavy atom. The predicted molar refractivity (Wildman–Crippen MR) is 97.6 cm³/mol. The molecule has 2 aromatic rings. The number of para-hydroxylation sites is 1. The zero-order valence-corrected chi connectivity index (χ0v) is 15.0. The van der Waals surface area contributed by atoms with E-state index in [1.807, 2.05) is 36.6 Å². The molecule has 2 aromatic carbocycles. The van der Waals surface area contributed by atoms with Crippen LogP contribution in [0.1, 0.15) is 15.9 Å². The number of nitrogens with zero attached hydrogens (tertiary/aromatic N) is 1. The van der Waals surface area contributed by atoms with Crippen molar-refractivity contribution in [2.45, 2.75) is 11.3 Å². The number of amides is 1. The molecule has 0 radical (unpaired) electrons. The molecule has 0 saturated heterocycles. The van der Waals surface area contributed by atoms with E-state index in [1.165, 1.54) is 7.11 Å². The first-order chi connectivity index (χ1) is 12.1. The lowest BCUT2D eigenvalue weighted by Crippen LogP contribution is -2.33. The Morgan fingerprint density at radius 2 is 2.00 bits per heavy atom. The SMILES string of the molecule is COc1cc(SC)ccc1C(=O)OCC(=O)N1CCc2ccccc21. The lowest BCUT2D eigenvalue weighted by atomic mass is 10.2. The summed E-state index contributed by atoms with van der Waals surface area (Å²) < 4.78 is 10.5. The van der Waals surface area contributed by atoms with Crippen LogP contribution in [0.5, 0.6) is 5.75 Å². The Labute approximate surface area is 150 Å². The highest BCUT2D eigenvalue weighted by atomic mass is 32.2. The maximum atomic E-state index is 12.4. The smallest absolute Gasteiger partial charge is 0.342 e. The third-order valence-corrected chi connectivity index (χ3v) is 4.87. The van der Waals surface area contributed by atoms with Crippen LogP contribution in [0.2, 0.25) is 0 Å². The molecule has 130 valence electrons. The number of anilines is 1. The molecule has 1 aliphatic rings. The standard InChI is InChI=1S/C19H19NO4S/c1-23-17-11-14(25-2)7-8-15(17)19(22)24-12-18(21)20-10-9-13-5-3-4-6-16(13)20/h3-8,11H,9-10,12H2,1-2H3. The van der Waals surface area contributed by atoms with Gasteiger partial charge in [0, 0.05) is 17.1 Å². The van der Waals surface area contributed by atoms with E-state index in [9.17, 15) is 9.59 Å². The van der Waals surface area contributed by atoms with Crippen LogP contribution in [0.3, 0.4) is 0 Å². The minimum atomic E-state index is -0.565. The second-order valence-corrected chi connectivity index (χ2v) is 6.45. The molecule has 0 saturated carbocycles. The topological polar surface area (TPSA) is 55.8 Å². The first-order valence-electron chi connectivity index (χ1n) is 7.91. The van der Waals surface area contributed by atoms with Crippen molar-refractivity contribution in [2.75, 3.05) is 31.4 Å². The normalized spacial score (nSPS) is 12.6. The van der Waals surface area contributed by atoms with Gasteiger partial charge in [-0.05, 0) is 42.5 Å². The van der Waals surface area contributed by atoms with Crippen LogP contribution < -0.4 is 9.64 Å². The number of hydrogen-bond donors (Lipinski definition) is 0. The zero-order valence-electron chi connectivity index (χ0n) is 14.2. The molecule has 0 spiro atoms. The summed E-state index contributed by atoms with van der Waals surface area (Å²) in [5.74, 6) is -0.348. The molecule has 0 aliphatic carbocycles. The molecule has 0 bridgehead atoms. The number of methoxy groups -OCH3 is 1. The molecule has 0 aromatic heterocycles. The Balaban J connectivity index is 1.66. The fourth-order valence-electron chi connectivity index (χ4n) is 2.85. The second kappa shape index (κ2) is 7.61. The van der Waals surface area contributed by atoms with Gasteiger partial charge in [0.15, 0.2) is 6.61 Å². The summed E-state index contributed by atoms with van der Waals surface area (Å²) in [6.07, 6.45) is 2.76. The van der Waals surface area contributed by atoms with Gasteiger partial charge in [0.05, 0.1) is 7.11 Å². The first-order valence-corrected chi connectivity index (χ1v) is 9.14. The average molecular weight is 357 g/mol. The van der Waals surface area contributed by atoms with Crippen LogP contribution in [-0.4, -0.2) is 38.4 Å². The van der Waals surface area contributed by atoms with Crippen molar-refractivity contribution in [1.29, 1.82) is 0 Å².